The molecule has 2 aliphatic carbocycles. The molecule has 17 heavy (non-hydrogen) atoms. The summed E-state index contributed by atoms with van der Waals surface area (Å²) < 4.78 is 13.3. The minimum absolute atomic E-state index is 0.202. The average Bonchev–Trinajstić information content (AvgIpc) is 2.92. The third kappa shape index (κ3) is 2.34. The Morgan fingerprint density at radius 2 is 2.18 bits per heavy atom. The van der Waals surface area contributed by atoms with Crippen molar-refractivity contribution in [3.8, 4) is 0 Å². The van der Waals surface area contributed by atoms with Crippen molar-refractivity contribution >= 4 is 11.6 Å². The van der Waals surface area contributed by atoms with E-state index >= 15 is 0 Å². The summed E-state index contributed by atoms with van der Waals surface area (Å²) in [5, 5.41) is 3.77. The second-order valence-corrected chi connectivity index (χ2v) is 5.82. The minimum Gasteiger partial charge on any atom is -0.310 e. The summed E-state index contributed by atoms with van der Waals surface area (Å²) in [6, 6.07) is 5.70. The number of nitrogens with one attached hydrogen (secondary N) is 1. The van der Waals surface area contributed by atoms with Crippen LogP contribution in [-0.4, -0.2) is 6.04 Å². The molecule has 3 unspecified atom stereocenters. The molecule has 2 aliphatic rings. The maximum absolute atomic E-state index is 13.3. The number of fused-ring (bicyclic) bond motifs is 2. The molecular formula is C14H17ClFN. The second-order valence-electron chi connectivity index (χ2n) is 5.41. The zero-order chi connectivity index (χ0) is 11.8. The van der Waals surface area contributed by atoms with Crippen LogP contribution < -0.4 is 5.32 Å². The van der Waals surface area contributed by atoms with Crippen molar-refractivity contribution in [3.05, 3.63) is 34.6 Å². The van der Waals surface area contributed by atoms with Gasteiger partial charge in [-0.2, -0.15) is 0 Å². The molecule has 1 aromatic rings. The van der Waals surface area contributed by atoms with E-state index in [1.54, 1.807) is 6.07 Å². The molecule has 0 radical (unpaired) electrons. The summed E-state index contributed by atoms with van der Waals surface area (Å²) in [5.41, 5.74) is 0.981. The third-order valence-electron chi connectivity index (χ3n) is 4.29. The number of hydrogen-bond donors (Lipinski definition) is 1. The van der Waals surface area contributed by atoms with Gasteiger partial charge < -0.3 is 5.32 Å². The fourth-order valence-electron chi connectivity index (χ4n) is 3.39. The monoisotopic (exact) mass is 253 g/mol. The Kier molecular flexibility index (Phi) is 3.10. The van der Waals surface area contributed by atoms with Crippen LogP contribution in [0.5, 0.6) is 0 Å². The second kappa shape index (κ2) is 4.58. The average molecular weight is 254 g/mol. The summed E-state index contributed by atoms with van der Waals surface area (Å²) in [4.78, 5) is 0. The van der Waals surface area contributed by atoms with Gasteiger partial charge in [-0.3, -0.25) is 0 Å². The highest BCUT2D eigenvalue weighted by Gasteiger charge is 2.38. The lowest BCUT2D eigenvalue weighted by atomic mass is 9.95. The van der Waals surface area contributed by atoms with E-state index in [-0.39, 0.29) is 10.8 Å². The molecule has 0 saturated heterocycles. The molecule has 0 aliphatic heterocycles. The Bertz CT molecular complexity index is 421. The topological polar surface area (TPSA) is 12.0 Å². The first-order valence-electron chi connectivity index (χ1n) is 6.39. The van der Waals surface area contributed by atoms with Crippen molar-refractivity contribution in [2.45, 2.75) is 38.3 Å². The molecule has 0 aromatic heterocycles. The Hall–Kier alpha value is -0.600. The van der Waals surface area contributed by atoms with Gasteiger partial charge in [0.15, 0.2) is 0 Å². The molecule has 3 rings (SSSR count). The van der Waals surface area contributed by atoms with E-state index in [4.69, 9.17) is 11.6 Å². The van der Waals surface area contributed by atoms with Crippen LogP contribution in [0.3, 0.4) is 0 Å². The van der Waals surface area contributed by atoms with Crippen LogP contribution in [0.25, 0.3) is 0 Å². The van der Waals surface area contributed by atoms with Crippen LogP contribution in [-0.2, 0) is 6.54 Å². The summed E-state index contributed by atoms with van der Waals surface area (Å²) in [5.74, 6) is 1.48. The molecule has 3 heteroatoms. The van der Waals surface area contributed by atoms with E-state index in [1.165, 1.54) is 31.7 Å². The summed E-state index contributed by atoms with van der Waals surface area (Å²) in [7, 11) is 0. The summed E-state index contributed by atoms with van der Waals surface area (Å²) in [6.07, 6.45) is 5.49. The first-order chi connectivity index (χ1) is 8.22. The zero-order valence-electron chi connectivity index (χ0n) is 9.76. The number of benzene rings is 1. The van der Waals surface area contributed by atoms with Gasteiger partial charge in [-0.15, -0.1) is 0 Å². The first kappa shape index (κ1) is 11.5. The third-order valence-corrected chi connectivity index (χ3v) is 4.60. The fraction of sp³-hybridized carbons (Fsp3) is 0.571. The molecule has 1 N–H and O–H groups in total. The van der Waals surface area contributed by atoms with Gasteiger partial charge in [-0.1, -0.05) is 24.1 Å². The van der Waals surface area contributed by atoms with Crippen LogP contribution in [0.1, 0.15) is 31.2 Å². The molecule has 2 fully saturated rings. The molecule has 1 nitrogen and oxygen atoms in total. The van der Waals surface area contributed by atoms with E-state index in [1.807, 2.05) is 6.07 Å². The van der Waals surface area contributed by atoms with E-state index in [0.29, 0.717) is 6.04 Å². The van der Waals surface area contributed by atoms with Gasteiger partial charge in [0.1, 0.15) is 5.82 Å². The summed E-state index contributed by atoms with van der Waals surface area (Å²) >= 11 is 5.66. The molecule has 0 heterocycles. The van der Waals surface area contributed by atoms with Crippen molar-refractivity contribution in [2.24, 2.45) is 11.8 Å². The van der Waals surface area contributed by atoms with E-state index < -0.39 is 0 Å². The van der Waals surface area contributed by atoms with Gasteiger partial charge in [0.05, 0.1) is 5.02 Å². The van der Waals surface area contributed by atoms with Crippen LogP contribution in [0.15, 0.2) is 18.2 Å². The highest BCUT2D eigenvalue weighted by molar-refractivity contribution is 6.30. The Morgan fingerprint density at radius 3 is 2.82 bits per heavy atom. The molecule has 2 saturated carbocycles. The Balaban J connectivity index is 1.59. The van der Waals surface area contributed by atoms with Crippen LogP contribution in [0, 0.1) is 17.7 Å². The van der Waals surface area contributed by atoms with E-state index in [9.17, 15) is 4.39 Å². The first-order valence-corrected chi connectivity index (χ1v) is 6.77. The van der Waals surface area contributed by atoms with Gasteiger partial charge in [0.25, 0.3) is 0 Å². The molecule has 1 aromatic carbocycles. The Morgan fingerprint density at radius 1 is 1.29 bits per heavy atom. The molecule has 0 amide bonds. The Labute approximate surface area is 106 Å². The molecular weight excluding hydrogens is 237 g/mol. The summed E-state index contributed by atoms with van der Waals surface area (Å²) in [6.45, 7) is 0.752. The quantitative estimate of drug-likeness (QED) is 0.865. The van der Waals surface area contributed by atoms with Gasteiger partial charge in [-0.25, -0.2) is 4.39 Å². The predicted molar refractivity (Wildman–Crippen MR) is 67.5 cm³/mol. The number of hydrogen-bond acceptors (Lipinski definition) is 1. The van der Waals surface area contributed by atoms with Gasteiger partial charge in [0, 0.05) is 12.6 Å². The highest BCUT2D eigenvalue weighted by atomic mass is 35.5. The fourth-order valence-corrected chi connectivity index (χ4v) is 3.51. The number of halogens is 2. The van der Waals surface area contributed by atoms with E-state index in [0.717, 1.165) is 23.9 Å². The standard InChI is InChI=1S/C14H17ClFN/c15-12-4-2-10(6-13(12)16)8-17-14-7-9-1-3-11(14)5-9/h2,4,6,9,11,14,17H,1,3,5,7-8H2. The van der Waals surface area contributed by atoms with E-state index in [2.05, 4.69) is 5.32 Å². The van der Waals surface area contributed by atoms with Crippen molar-refractivity contribution in [2.75, 3.05) is 0 Å². The van der Waals surface area contributed by atoms with Crippen LogP contribution in [0.2, 0.25) is 5.02 Å². The molecule has 3 atom stereocenters. The van der Waals surface area contributed by atoms with Crippen LogP contribution in [0.4, 0.5) is 4.39 Å². The predicted octanol–water partition coefficient (Wildman–Crippen LogP) is 3.76. The largest absolute Gasteiger partial charge is 0.310 e. The van der Waals surface area contributed by atoms with Crippen molar-refractivity contribution in [1.82, 2.24) is 5.32 Å². The van der Waals surface area contributed by atoms with Gasteiger partial charge in [-0.05, 0) is 48.8 Å². The SMILES string of the molecule is Fc1cc(CNC2CC3CCC2C3)ccc1Cl. The van der Waals surface area contributed by atoms with Gasteiger partial charge in [0.2, 0.25) is 0 Å². The van der Waals surface area contributed by atoms with Crippen molar-refractivity contribution in [1.29, 1.82) is 0 Å². The molecule has 92 valence electrons. The smallest absolute Gasteiger partial charge is 0.142 e. The molecule has 2 bridgehead atoms. The van der Waals surface area contributed by atoms with Crippen LogP contribution >= 0.6 is 11.6 Å². The minimum atomic E-state index is -0.320. The molecule has 0 spiro atoms. The van der Waals surface area contributed by atoms with Crippen molar-refractivity contribution in [3.63, 3.8) is 0 Å². The maximum Gasteiger partial charge on any atom is 0.142 e. The highest BCUT2D eigenvalue weighted by Crippen LogP contribution is 2.44. The zero-order valence-corrected chi connectivity index (χ0v) is 10.5. The lowest BCUT2D eigenvalue weighted by Gasteiger charge is -2.23. The normalized spacial score (nSPS) is 31.1. The lowest BCUT2D eigenvalue weighted by molar-refractivity contribution is 0.350. The van der Waals surface area contributed by atoms with Crippen molar-refractivity contribution < 1.29 is 4.39 Å². The lowest BCUT2D eigenvalue weighted by Crippen LogP contribution is -2.33. The maximum atomic E-state index is 13.3. The number of rotatable bonds is 3. The van der Waals surface area contributed by atoms with Gasteiger partial charge >= 0.3 is 0 Å².